The third-order valence-corrected chi connectivity index (χ3v) is 4.40. The van der Waals surface area contributed by atoms with E-state index in [1.54, 1.807) is 24.3 Å². The molecular formula is C22H17N3O2S. The zero-order valence-electron chi connectivity index (χ0n) is 15.1. The fourth-order valence-electron chi connectivity index (χ4n) is 2.78. The van der Waals surface area contributed by atoms with Gasteiger partial charge in [0.2, 0.25) is 5.89 Å². The SMILES string of the molecule is Cc1ccc2oc(-c3ccc(NC(=S)NC(=O)c4ccccc4)cc3)nc2c1. The lowest BCUT2D eigenvalue weighted by Gasteiger charge is -2.09. The van der Waals surface area contributed by atoms with E-state index in [4.69, 9.17) is 16.6 Å². The highest BCUT2D eigenvalue weighted by atomic mass is 32.1. The van der Waals surface area contributed by atoms with Crippen molar-refractivity contribution in [3.05, 3.63) is 83.9 Å². The van der Waals surface area contributed by atoms with Gasteiger partial charge in [-0.25, -0.2) is 4.98 Å². The van der Waals surface area contributed by atoms with E-state index in [-0.39, 0.29) is 11.0 Å². The van der Waals surface area contributed by atoms with Gasteiger partial charge in [-0.1, -0.05) is 24.3 Å². The number of amides is 1. The maximum atomic E-state index is 12.1. The fraction of sp³-hybridized carbons (Fsp3) is 0.0455. The molecule has 28 heavy (non-hydrogen) atoms. The number of nitrogens with one attached hydrogen (secondary N) is 2. The normalized spacial score (nSPS) is 10.6. The fourth-order valence-corrected chi connectivity index (χ4v) is 2.99. The number of oxazole rings is 1. The van der Waals surface area contributed by atoms with Crippen LogP contribution in [0.1, 0.15) is 15.9 Å². The molecule has 1 amide bonds. The lowest BCUT2D eigenvalue weighted by atomic mass is 10.2. The standard InChI is InChI=1S/C22H17N3O2S/c1-14-7-12-19-18(13-14)24-21(27-19)16-8-10-17(11-9-16)23-22(28)25-20(26)15-5-3-2-4-6-15/h2-13H,1H3,(H2,23,25,26,28). The van der Waals surface area contributed by atoms with Crippen molar-refractivity contribution in [3.8, 4) is 11.5 Å². The molecule has 4 aromatic rings. The van der Waals surface area contributed by atoms with E-state index in [1.165, 1.54) is 0 Å². The summed E-state index contributed by atoms with van der Waals surface area (Å²) in [7, 11) is 0. The molecule has 5 nitrogen and oxygen atoms in total. The van der Waals surface area contributed by atoms with Crippen molar-refractivity contribution in [1.29, 1.82) is 0 Å². The van der Waals surface area contributed by atoms with Gasteiger partial charge >= 0.3 is 0 Å². The number of hydrogen-bond acceptors (Lipinski definition) is 4. The van der Waals surface area contributed by atoms with Crippen LogP contribution in [-0.4, -0.2) is 16.0 Å². The van der Waals surface area contributed by atoms with E-state index in [2.05, 4.69) is 15.6 Å². The lowest BCUT2D eigenvalue weighted by Crippen LogP contribution is -2.34. The summed E-state index contributed by atoms with van der Waals surface area (Å²) in [5.41, 5.74) is 4.90. The summed E-state index contributed by atoms with van der Waals surface area (Å²) in [5.74, 6) is 0.309. The first-order chi connectivity index (χ1) is 13.6. The van der Waals surface area contributed by atoms with Crippen molar-refractivity contribution < 1.29 is 9.21 Å². The third-order valence-electron chi connectivity index (χ3n) is 4.20. The average molecular weight is 387 g/mol. The Morgan fingerprint density at radius 3 is 2.50 bits per heavy atom. The first-order valence-electron chi connectivity index (χ1n) is 8.73. The molecule has 4 rings (SSSR count). The van der Waals surface area contributed by atoms with E-state index >= 15 is 0 Å². The van der Waals surface area contributed by atoms with Crippen LogP contribution in [0.25, 0.3) is 22.6 Å². The van der Waals surface area contributed by atoms with E-state index in [0.29, 0.717) is 11.5 Å². The number of nitrogens with zero attached hydrogens (tertiary/aromatic N) is 1. The minimum absolute atomic E-state index is 0.235. The number of aryl methyl sites for hydroxylation is 1. The van der Waals surface area contributed by atoms with Gasteiger partial charge in [-0.3, -0.25) is 10.1 Å². The number of carbonyl (C=O) groups is 1. The van der Waals surface area contributed by atoms with Gasteiger partial charge in [0.1, 0.15) is 5.52 Å². The summed E-state index contributed by atoms with van der Waals surface area (Å²) in [5, 5.41) is 5.90. The van der Waals surface area contributed by atoms with Gasteiger partial charge in [0, 0.05) is 16.8 Å². The number of anilines is 1. The van der Waals surface area contributed by atoms with Crippen LogP contribution in [0.3, 0.4) is 0 Å². The van der Waals surface area contributed by atoms with Crippen LogP contribution in [0.15, 0.2) is 77.2 Å². The van der Waals surface area contributed by atoms with Crippen LogP contribution in [-0.2, 0) is 0 Å². The maximum Gasteiger partial charge on any atom is 0.257 e. The number of rotatable bonds is 3. The molecule has 1 aromatic heterocycles. The molecule has 138 valence electrons. The maximum absolute atomic E-state index is 12.1. The number of benzene rings is 3. The van der Waals surface area contributed by atoms with Gasteiger partial charge in [-0.05, 0) is 73.2 Å². The number of hydrogen-bond donors (Lipinski definition) is 2. The highest BCUT2D eigenvalue weighted by molar-refractivity contribution is 7.80. The molecule has 0 aliphatic heterocycles. The molecule has 1 heterocycles. The Morgan fingerprint density at radius 1 is 1.00 bits per heavy atom. The van der Waals surface area contributed by atoms with Crippen molar-refractivity contribution >= 4 is 40.0 Å². The summed E-state index contributed by atoms with van der Waals surface area (Å²) in [6.07, 6.45) is 0. The molecule has 0 unspecified atom stereocenters. The zero-order valence-corrected chi connectivity index (χ0v) is 15.9. The van der Waals surface area contributed by atoms with Crippen LogP contribution in [0, 0.1) is 6.92 Å². The first-order valence-corrected chi connectivity index (χ1v) is 9.14. The summed E-state index contributed by atoms with van der Waals surface area (Å²) in [4.78, 5) is 16.7. The Hall–Kier alpha value is -3.51. The number of carbonyl (C=O) groups excluding carboxylic acids is 1. The van der Waals surface area contributed by atoms with Gasteiger partial charge < -0.3 is 9.73 Å². The molecule has 0 aliphatic rings. The molecule has 0 saturated carbocycles. The Balaban J connectivity index is 1.44. The number of fused-ring (bicyclic) bond motifs is 1. The molecule has 2 N–H and O–H groups in total. The molecule has 0 radical (unpaired) electrons. The Labute approximate surface area is 167 Å². The zero-order chi connectivity index (χ0) is 19.5. The van der Waals surface area contributed by atoms with E-state index < -0.39 is 0 Å². The molecular weight excluding hydrogens is 370 g/mol. The van der Waals surface area contributed by atoms with Crippen LogP contribution in [0.5, 0.6) is 0 Å². The number of aromatic nitrogens is 1. The summed E-state index contributed by atoms with van der Waals surface area (Å²) in [6, 6.07) is 22.3. The van der Waals surface area contributed by atoms with Gasteiger partial charge in [-0.2, -0.15) is 0 Å². The third kappa shape index (κ3) is 3.92. The molecule has 0 bridgehead atoms. The Morgan fingerprint density at radius 2 is 1.75 bits per heavy atom. The molecule has 0 aliphatic carbocycles. The van der Waals surface area contributed by atoms with E-state index in [0.717, 1.165) is 27.9 Å². The average Bonchev–Trinajstić information content (AvgIpc) is 3.12. The van der Waals surface area contributed by atoms with Crippen molar-refractivity contribution in [2.24, 2.45) is 0 Å². The molecule has 6 heteroatoms. The van der Waals surface area contributed by atoms with Crippen molar-refractivity contribution in [2.75, 3.05) is 5.32 Å². The van der Waals surface area contributed by atoms with Crippen LogP contribution in [0.2, 0.25) is 0 Å². The predicted octanol–water partition coefficient (Wildman–Crippen LogP) is 4.93. The predicted molar refractivity (Wildman–Crippen MR) is 114 cm³/mol. The lowest BCUT2D eigenvalue weighted by molar-refractivity contribution is 0.0977. The van der Waals surface area contributed by atoms with Crippen LogP contribution in [0.4, 0.5) is 5.69 Å². The molecule has 0 fully saturated rings. The minimum atomic E-state index is -0.253. The summed E-state index contributed by atoms with van der Waals surface area (Å²) < 4.78 is 5.82. The number of thiocarbonyl (C=S) groups is 1. The van der Waals surface area contributed by atoms with Crippen molar-refractivity contribution in [2.45, 2.75) is 6.92 Å². The summed E-state index contributed by atoms with van der Waals surface area (Å²) >= 11 is 5.22. The largest absolute Gasteiger partial charge is 0.436 e. The smallest absolute Gasteiger partial charge is 0.257 e. The second-order valence-corrected chi connectivity index (χ2v) is 6.75. The topological polar surface area (TPSA) is 67.2 Å². The van der Waals surface area contributed by atoms with E-state index in [1.807, 2.05) is 55.5 Å². The van der Waals surface area contributed by atoms with Gasteiger partial charge in [0.15, 0.2) is 10.7 Å². The monoisotopic (exact) mass is 387 g/mol. The molecule has 0 atom stereocenters. The minimum Gasteiger partial charge on any atom is -0.436 e. The van der Waals surface area contributed by atoms with Crippen LogP contribution < -0.4 is 10.6 Å². The second kappa shape index (κ2) is 7.62. The van der Waals surface area contributed by atoms with Gasteiger partial charge in [-0.15, -0.1) is 0 Å². The Bertz CT molecular complexity index is 1150. The van der Waals surface area contributed by atoms with E-state index in [9.17, 15) is 4.79 Å². The first kappa shape index (κ1) is 17.9. The quantitative estimate of drug-likeness (QED) is 0.488. The molecule has 0 saturated heterocycles. The van der Waals surface area contributed by atoms with Gasteiger partial charge in [0.25, 0.3) is 5.91 Å². The second-order valence-electron chi connectivity index (χ2n) is 6.34. The molecule has 0 spiro atoms. The molecule has 3 aromatic carbocycles. The Kier molecular flexibility index (Phi) is 4.87. The van der Waals surface area contributed by atoms with Gasteiger partial charge in [0.05, 0.1) is 0 Å². The highest BCUT2D eigenvalue weighted by Crippen LogP contribution is 2.25. The highest BCUT2D eigenvalue weighted by Gasteiger charge is 2.10. The van der Waals surface area contributed by atoms with Crippen molar-refractivity contribution in [3.63, 3.8) is 0 Å². The van der Waals surface area contributed by atoms with Crippen LogP contribution >= 0.6 is 12.2 Å². The van der Waals surface area contributed by atoms with Crippen molar-refractivity contribution in [1.82, 2.24) is 10.3 Å². The summed E-state index contributed by atoms with van der Waals surface area (Å²) in [6.45, 7) is 2.02.